The maximum Gasteiger partial charge on any atom is 0.134 e. The van der Waals surface area contributed by atoms with Crippen LogP contribution >= 0.6 is 0 Å². The fourth-order valence-corrected chi connectivity index (χ4v) is 2.27. The van der Waals surface area contributed by atoms with Gasteiger partial charge in [-0.3, -0.25) is 0 Å². The van der Waals surface area contributed by atoms with Crippen molar-refractivity contribution < 1.29 is 13.9 Å². The van der Waals surface area contributed by atoms with Crippen LogP contribution in [0.3, 0.4) is 0 Å². The second kappa shape index (κ2) is 5.26. The molecule has 0 unspecified atom stereocenters. The number of benzene rings is 2. The molecule has 1 aromatic heterocycles. The third-order valence-electron chi connectivity index (χ3n) is 3.55. The van der Waals surface area contributed by atoms with E-state index in [0.29, 0.717) is 5.82 Å². The molecule has 0 aliphatic carbocycles. The van der Waals surface area contributed by atoms with Crippen molar-refractivity contribution >= 4 is 22.9 Å². The Labute approximate surface area is 125 Å². The van der Waals surface area contributed by atoms with Crippen LogP contribution < -0.4 is 0 Å². The first-order valence-electron chi connectivity index (χ1n) is 6.76. The highest BCUT2D eigenvalue weighted by molar-refractivity contribution is 5.82. The summed E-state index contributed by atoms with van der Waals surface area (Å²) in [5, 5.41) is 10.0. The van der Waals surface area contributed by atoms with E-state index in [1.807, 2.05) is 26.0 Å². The summed E-state index contributed by atoms with van der Waals surface area (Å²) in [6.45, 7) is 3.99. The van der Waals surface area contributed by atoms with Gasteiger partial charge in [-0.2, -0.15) is 0 Å². The molecule has 22 heavy (non-hydrogen) atoms. The maximum atomic E-state index is 13.2. The van der Waals surface area contributed by atoms with Crippen LogP contribution in [0.15, 0.2) is 30.3 Å². The van der Waals surface area contributed by atoms with Crippen LogP contribution in [0.2, 0.25) is 0 Å². The van der Waals surface area contributed by atoms with E-state index < -0.39 is 11.6 Å². The molecule has 0 atom stereocenters. The number of hydrogen-bond acceptors (Lipinski definition) is 2. The summed E-state index contributed by atoms with van der Waals surface area (Å²) in [7, 11) is 0. The number of rotatable bonds is 2. The van der Waals surface area contributed by atoms with Crippen LogP contribution in [0, 0.1) is 25.5 Å². The average molecular weight is 300 g/mol. The Morgan fingerprint density at radius 1 is 1.05 bits per heavy atom. The van der Waals surface area contributed by atoms with Gasteiger partial charge in [-0.15, -0.1) is 0 Å². The molecule has 0 radical (unpaired) electrons. The summed E-state index contributed by atoms with van der Waals surface area (Å²) in [5.74, 6) is -1.33. The van der Waals surface area contributed by atoms with E-state index in [0.717, 1.165) is 40.4 Å². The van der Waals surface area contributed by atoms with Crippen molar-refractivity contribution in [1.29, 1.82) is 0 Å². The minimum atomic E-state index is -0.745. The monoisotopic (exact) mass is 300 g/mol. The van der Waals surface area contributed by atoms with Crippen molar-refractivity contribution in [2.75, 3.05) is 0 Å². The number of aliphatic hydroxyl groups is 1. The Morgan fingerprint density at radius 2 is 1.68 bits per heavy atom. The van der Waals surface area contributed by atoms with Gasteiger partial charge in [0.05, 0.1) is 11.0 Å². The van der Waals surface area contributed by atoms with E-state index in [-0.39, 0.29) is 11.3 Å². The van der Waals surface area contributed by atoms with Gasteiger partial charge in [0.15, 0.2) is 0 Å². The number of halogens is 2. The molecule has 0 aliphatic rings. The molecule has 0 saturated heterocycles. The molecule has 5 heteroatoms. The molecule has 1 heterocycles. The summed E-state index contributed by atoms with van der Waals surface area (Å²) in [6.07, 6.45) is 1.35. The third-order valence-corrected chi connectivity index (χ3v) is 3.55. The van der Waals surface area contributed by atoms with E-state index in [2.05, 4.69) is 9.97 Å². The molecule has 3 rings (SSSR count). The number of H-pyrrole nitrogens is 1. The van der Waals surface area contributed by atoms with Crippen molar-refractivity contribution in [1.82, 2.24) is 9.97 Å². The number of nitrogens with one attached hydrogen (secondary N) is 1. The van der Waals surface area contributed by atoms with Gasteiger partial charge in [-0.1, -0.05) is 0 Å². The zero-order chi connectivity index (χ0) is 15.9. The molecule has 0 bridgehead atoms. The quantitative estimate of drug-likeness (QED) is 0.684. The number of hydrogen-bond donors (Lipinski definition) is 2. The molecule has 0 saturated carbocycles. The Morgan fingerprint density at radius 3 is 2.36 bits per heavy atom. The van der Waals surface area contributed by atoms with Crippen molar-refractivity contribution in [2.24, 2.45) is 0 Å². The van der Waals surface area contributed by atoms with Gasteiger partial charge in [-0.05, 0) is 49.2 Å². The van der Waals surface area contributed by atoms with Gasteiger partial charge in [0.2, 0.25) is 0 Å². The molecule has 3 nitrogen and oxygen atoms in total. The normalized spacial score (nSPS) is 12.1. The second-order valence-electron chi connectivity index (χ2n) is 5.26. The standard InChI is InChI=1S/C17H14F2N2O/c1-9-3-14-15(4-10(9)2)21-17(20-14)8-16(22)11-5-12(18)7-13(19)6-11/h3-8,22H,1-2H3,(H,20,21)/b16-8-. The Bertz CT molecular complexity index is 838. The number of aromatic amines is 1. The lowest BCUT2D eigenvalue weighted by Crippen LogP contribution is -1.88. The number of aromatic nitrogens is 2. The first kappa shape index (κ1) is 14.3. The molecule has 0 amide bonds. The lowest BCUT2D eigenvalue weighted by atomic mass is 10.1. The number of aryl methyl sites for hydroxylation is 2. The minimum Gasteiger partial charge on any atom is -0.507 e. The maximum absolute atomic E-state index is 13.2. The molecule has 2 N–H and O–H groups in total. The topological polar surface area (TPSA) is 48.9 Å². The minimum absolute atomic E-state index is 0.0605. The summed E-state index contributed by atoms with van der Waals surface area (Å²) in [4.78, 5) is 7.40. The Balaban J connectivity index is 2.03. The van der Waals surface area contributed by atoms with Gasteiger partial charge in [-0.25, -0.2) is 13.8 Å². The van der Waals surface area contributed by atoms with Gasteiger partial charge in [0.25, 0.3) is 0 Å². The highest BCUT2D eigenvalue weighted by Gasteiger charge is 2.08. The van der Waals surface area contributed by atoms with Crippen LogP contribution in [-0.4, -0.2) is 15.1 Å². The van der Waals surface area contributed by atoms with Gasteiger partial charge >= 0.3 is 0 Å². The third kappa shape index (κ3) is 2.70. The molecule has 3 aromatic rings. The second-order valence-corrected chi connectivity index (χ2v) is 5.26. The fraction of sp³-hybridized carbons (Fsp3) is 0.118. The van der Waals surface area contributed by atoms with Crippen molar-refractivity contribution in [3.63, 3.8) is 0 Å². The average Bonchev–Trinajstić information content (AvgIpc) is 2.79. The fourth-order valence-electron chi connectivity index (χ4n) is 2.27. The van der Waals surface area contributed by atoms with Gasteiger partial charge < -0.3 is 10.1 Å². The summed E-state index contributed by atoms with van der Waals surface area (Å²) in [5.41, 5.74) is 3.92. The molecule has 0 spiro atoms. The Kier molecular flexibility index (Phi) is 3.41. The largest absolute Gasteiger partial charge is 0.507 e. The van der Waals surface area contributed by atoms with E-state index >= 15 is 0 Å². The molecular weight excluding hydrogens is 286 g/mol. The van der Waals surface area contributed by atoms with Crippen molar-refractivity contribution in [3.8, 4) is 0 Å². The highest BCUT2D eigenvalue weighted by atomic mass is 19.1. The summed E-state index contributed by atoms with van der Waals surface area (Å²) < 4.78 is 26.4. The smallest absolute Gasteiger partial charge is 0.134 e. The Hall–Kier alpha value is -2.69. The predicted octanol–water partition coefficient (Wildman–Crippen LogP) is 4.51. The number of nitrogens with zero attached hydrogens (tertiary/aromatic N) is 1. The first-order valence-corrected chi connectivity index (χ1v) is 6.76. The van der Waals surface area contributed by atoms with Crippen molar-refractivity contribution in [2.45, 2.75) is 13.8 Å². The molecule has 0 fully saturated rings. The van der Waals surface area contributed by atoms with Crippen LogP contribution in [-0.2, 0) is 0 Å². The first-order chi connectivity index (χ1) is 10.4. The summed E-state index contributed by atoms with van der Waals surface area (Å²) in [6, 6.07) is 6.78. The number of imidazole rings is 1. The van der Waals surface area contributed by atoms with Crippen LogP contribution in [0.4, 0.5) is 8.78 Å². The highest BCUT2D eigenvalue weighted by Crippen LogP contribution is 2.21. The SMILES string of the molecule is Cc1cc2nc(/C=C(\O)c3cc(F)cc(F)c3)[nH]c2cc1C. The number of aliphatic hydroxyl groups excluding tert-OH is 1. The van der Waals surface area contributed by atoms with E-state index in [1.54, 1.807) is 0 Å². The van der Waals surface area contributed by atoms with Crippen LogP contribution in [0.1, 0.15) is 22.5 Å². The summed E-state index contributed by atoms with van der Waals surface area (Å²) >= 11 is 0. The van der Waals surface area contributed by atoms with Crippen LogP contribution in [0.25, 0.3) is 22.9 Å². The van der Waals surface area contributed by atoms with Crippen molar-refractivity contribution in [3.05, 3.63) is 64.5 Å². The molecule has 112 valence electrons. The molecular formula is C17H14F2N2O. The van der Waals surface area contributed by atoms with E-state index in [1.165, 1.54) is 6.08 Å². The number of fused-ring (bicyclic) bond motifs is 1. The molecule has 2 aromatic carbocycles. The lowest BCUT2D eigenvalue weighted by molar-refractivity contribution is 0.511. The van der Waals surface area contributed by atoms with E-state index in [4.69, 9.17) is 0 Å². The van der Waals surface area contributed by atoms with Crippen LogP contribution in [0.5, 0.6) is 0 Å². The molecule has 0 aliphatic heterocycles. The lowest BCUT2D eigenvalue weighted by Gasteiger charge is -2.00. The predicted molar refractivity (Wildman–Crippen MR) is 82.4 cm³/mol. The zero-order valence-corrected chi connectivity index (χ0v) is 12.1. The zero-order valence-electron chi connectivity index (χ0n) is 12.1. The van der Waals surface area contributed by atoms with Gasteiger partial charge in [0.1, 0.15) is 23.2 Å². The van der Waals surface area contributed by atoms with Gasteiger partial charge in [0, 0.05) is 17.7 Å². The van der Waals surface area contributed by atoms with E-state index in [9.17, 15) is 13.9 Å².